The van der Waals surface area contributed by atoms with Crippen LogP contribution in [0.1, 0.15) is 31.7 Å². The second-order valence-corrected chi connectivity index (χ2v) is 10.0. The summed E-state index contributed by atoms with van der Waals surface area (Å²) in [5, 5.41) is 1.38. The van der Waals surface area contributed by atoms with Crippen LogP contribution in [0.25, 0.3) is 0 Å². The number of alkyl halides is 3. The molecule has 0 aliphatic heterocycles. The minimum atomic E-state index is -4.82. The first kappa shape index (κ1) is 23.0. The second kappa shape index (κ2) is 10.1. The van der Waals surface area contributed by atoms with Crippen molar-refractivity contribution in [2.75, 3.05) is 6.61 Å². The summed E-state index contributed by atoms with van der Waals surface area (Å²) in [5.41, 5.74) is -1.36. The minimum Gasteiger partial charge on any atom is -0.511 e. The SMILES string of the molecule is CCCCCO[Si](Oc1cccc(C(F)(F)F)c1F)(c1ccccc1)c1ccccc1. The molecule has 0 heterocycles. The van der Waals surface area contributed by atoms with Gasteiger partial charge in [-0.05, 0) is 18.6 Å². The van der Waals surface area contributed by atoms with Crippen LogP contribution < -0.4 is 14.8 Å². The largest absolute Gasteiger partial charge is 0.511 e. The number of hydrogen-bond acceptors (Lipinski definition) is 2. The molecular weight excluding hydrogens is 424 g/mol. The summed E-state index contributed by atoms with van der Waals surface area (Å²) in [6, 6.07) is 21.2. The van der Waals surface area contributed by atoms with E-state index in [2.05, 4.69) is 6.92 Å². The van der Waals surface area contributed by atoms with Gasteiger partial charge in [-0.1, -0.05) is 86.5 Å². The Kier molecular flexibility index (Phi) is 7.51. The third-order valence-electron chi connectivity index (χ3n) is 4.88. The number of benzene rings is 3. The van der Waals surface area contributed by atoms with E-state index < -0.39 is 31.9 Å². The third kappa shape index (κ3) is 5.35. The lowest BCUT2D eigenvalue weighted by atomic mass is 10.2. The molecule has 0 spiro atoms. The molecule has 0 saturated heterocycles. The maximum Gasteiger partial charge on any atom is 0.468 e. The predicted octanol–water partition coefficient (Wildman–Crippen LogP) is 5.69. The summed E-state index contributed by atoms with van der Waals surface area (Å²) in [6.45, 7) is 2.41. The Hall–Kier alpha value is -2.64. The van der Waals surface area contributed by atoms with Crippen LogP contribution in [0.4, 0.5) is 17.6 Å². The first-order valence-corrected chi connectivity index (χ1v) is 12.0. The molecule has 0 amide bonds. The Bertz CT molecular complexity index is 923. The lowest BCUT2D eigenvalue weighted by Gasteiger charge is -2.32. The van der Waals surface area contributed by atoms with Crippen molar-refractivity contribution >= 4 is 18.9 Å². The zero-order chi connectivity index (χ0) is 22.3. The summed E-state index contributed by atoms with van der Waals surface area (Å²) in [4.78, 5) is 0. The molecule has 3 aromatic carbocycles. The second-order valence-electron chi connectivity index (χ2n) is 7.12. The van der Waals surface area contributed by atoms with Crippen LogP contribution >= 0.6 is 0 Å². The van der Waals surface area contributed by atoms with Crippen LogP contribution in [0.2, 0.25) is 0 Å². The normalized spacial score (nSPS) is 12.0. The summed E-state index contributed by atoms with van der Waals surface area (Å²) >= 11 is 0. The molecule has 3 aromatic rings. The van der Waals surface area contributed by atoms with Gasteiger partial charge in [0.05, 0.1) is 5.56 Å². The molecule has 0 fully saturated rings. The van der Waals surface area contributed by atoms with E-state index in [4.69, 9.17) is 8.85 Å². The topological polar surface area (TPSA) is 18.5 Å². The molecular formula is C24H24F4O2Si. The monoisotopic (exact) mass is 448 g/mol. The van der Waals surface area contributed by atoms with Gasteiger partial charge in [-0.2, -0.15) is 13.2 Å². The van der Waals surface area contributed by atoms with Gasteiger partial charge in [0.25, 0.3) is 0 Å². The van der Waals surface area contributed by atoms with Crippen LogP contribution in [-0.4, -0.2) is 15.2 Å². The molecule has 0 saturated carbocycles. The van der Waals surface area contributed by atoms with Crippen molar-refractivity contribution in [1.82, 2.24) is 0 Å². The Labute approximate surface area is 180 Å². The summed E-state index contributed by atoms with van der Waals surface area (Å²) in [5.74, 6) is -1.90. The Morgan fingerprint density at radius 2 is 1.35 bits per heavy atom. The van der Waals surface area contributed by atoms with E-state index in [1.807, 2.05) is 36.4 Å². The van der Waals surface area contributed by atoms with E-state index in [-0.39, 0.29) is 0 Å². The van der Waals surface area contributed by atoms with Crippen molar-refractivity contribution in [1.29, 1.82) is 0 Å². The van der Waals surface area contributed by atoms with Crippen LogP contribution in [0.15, 0.2) is 78.9 Å². The van der Waals surface area contributed by atoms with E-state index in [0.717, 1.165) is 25.3 Å². The predicted molar refractivity (Wildman–Crippen MR) is 115 cm³/mol. The molecule has 7 heteroatoms. The molecule has 31 heavy (non-hydrogen) atoms. The van der Waals surface area contributed by atoms with Gasteiger partial charge in [0.2, 0.25) is 0 Å². The van der Waals surface area contributed by atoms with Crippen molar-refractivity contribution in [3.63, 3.8) is 0 Å². The van der Waals surface area contributed by atoms with E-state index in [9.17, 15) is 17.6 Å². The average Bonchev–Trinajstić information content (AvgIpc) is 2.77. The van der Waals surface area contributed by atoms with Crippen LogP contribution in [0, 0.1) is 5.82 Å². The molecule has 0 aliphatic carbocycles. The standard InChI is InChI=1S/C24H24F4O2Si/c1-2-3-10-18-29-31(19-12-6-4-7-13-19,20-14-8-5-9-15-20)30-22-17-11-16-21(23(22)25)24(26,27)28/h4-9,11-17H,2-3,10,18H2,1H3. The third-order valence-corrected chi connectivity index (χ3v) is 8.19. The van der Waals surface area contributed by atoms with Gasteiger partial charge in [-0.15, -0.1) is 0 Å². The molecule has 0 aromatic heterocycles. The van der Waals surface area contributed by atoms with Gasteiger partial charge >= 0.3 is 14.7 Å². The quantitative estimate of drug-likeness (QED) is 0.238. The summed E-state index contributed by atoms with van der Waals surface area (Å²) in [7, 11) is -3.56. The fourth-order valence-corrected chi connectivity index (χ4v) is 6.45. The Balaban J connectivity index is 2.13. The van der Waals surface area contributed by atoms with Crippen LogP contribution in [0.3, 0.4) is 0 Å². The molecule has 0 N–H and O–H groups in total. The minimum absolute atomic E-state index is 0.352. The summed E-state index contributed by atoms with van der Waals surface area (Å²) in [6.07, 6.45) is -2.14. The maximum atomic E-state index is 14.9. The lowest BCUT2D eigenvalue weighted by Crippen LogP contribution is -2.66. The maximum absolute atomic E-state index is 14.9. The molecule has 0 radical (unpaired) electrons. The van der Waals surface area contributed by atoms with Crippen molar-refractivity contribution in [3.05, 3.63) is 90.2 Å². The smallest absolute Gasteiger partial charge is 0.468 e. The van der Waals surface area contributed by atoms with Crippen LogP contribution in [0.5, 0.6) is 5.75 Å². The van der Waals surface area contributed by atoms with Gasteiger partial charge in [-0.3, -0.25) is 0 Å². The summed E-state index contributed by atoms with van der Waals surface area (Å²) < 4.78 is 67.3. The molecule has 0 unspecified atom stereocenters. The van der Waals surface area contributed by atoms with Crippen molar-refractivity contribution in [2.24, 2.45) is 0 Å². The first-order valence-electron chi connectivity index (χ1n) is 10.2. The fraction of sp³-hybridized carbons (Fsp3) is 0.250. The van der Waals surface area contributed by atoms with E-state index >= 15 is 0 Å². The zero-order valence-electron chi connectivity index (χ0n) is 17.2. The zero-order valence-corrected chi connectivity index (χ0v) is 18.2. The highest BCUT2D eigenvalue weighted by Crippen LogP contribution is 2.35. The molecule has 0 bridgehead atoms. The molecule has 0 atom stereocenters. The Morgan fingerprint density at radius 1 is 0.774 bits per heavy atom. The van der Waals surface area contributed by atoms with E-state index in [1.165, 1.54) is 6.07 Å². The van der Waals surface area contributed by atoms with Gasteiger partial charge in [0.15, 0.2) is 5.82 Å². The number of rotatable bonds is 9. The van der Waals surface area contributed by atoms with E-state index in [0.29, 0.717) is 23.0 Å². The van der Waals surface area contributed by atoms with Crippen molar-refractivity contribution in [3.8, 4) is 5.75 Å². The molecule has 0 aliphatic rings. The first-order chi connectivity index (χ1) is 14.9. The van der Waals surface area contributed by atoms with Gasteiger partial charge in [-0.25, -0.2) is 4.39 Å². The highest BCUT2D eigenvalue weighted by atomic mass is 28.4. The average molecular weight is 449 g/mol. The highest BCUT2D eigenvalue weighted by molar-refractivity contribution is 6.93. The molecule has 164 valence electrons. The molecule has 3 rings (SSSR count). The van der Waals surface area contributed by atoms with Crippen LogP contribution in [-0.2, 0) is 10.6 Å². The van der Waals surface area contributed by atoms with Gasteiger partial charge < -0.3 is 8.85 Å². The molecule has 2 nitrogen and oxygen atoms in total. The lowest BCUT2D eigenvalue weighted by molar-refractivity contribution is -0.140. The van der Waals surface area contributed by atoms with E-state index in [1.54, 1.807) is 24.3 Å². The van der Waals surface area contributed by atoms with Gasteiger partial charge in [0, 0.05) is 17.0 Å². The fourth-order valence-electron chi connectivity index (χ4n) is 3.33. The highest BCUT2D eigenvalue weighted by Gasteiger charge is 2.46. The number of hydrogen-bond donors (Lipinski definition) is 0. The number of unbranched alkanes of at least 4 members (excludes halogenated alkanes) is 2. The van der Waals surface area contributed by atoms with Crippen molar-refractivity contribution < 1.29 is 26.4 Å². The number of halogens is 4. The Morgan fingerprint density at radius 3 is 1.87 bits per heavy atom. The van der Waals surface area contributed by atoms with Crippen molar-refractivity contribution in [2.45, 2.75) is 32.4 Å². The van der Waals surface area contributed by atoms with Gasteiger partial charge in [0.1, 0.15) is 5.75 Å².